The zero-order valence-electron chi connectivity index (χ0n) is 12.2. The lowest BCUT2D eigenvalue weighted by Crippen LogP contribution is -2.51. The molecular weight excluding hydrogens is 240 g/mol. The third-order valence-corrected chi connectivity index (χ3v) is 3.61. The molecule has 2 unspecified atom stereocenters. The maximum atomic E-state index is 12.2. The SMILES string of the molecule is CC1NCCCC1NC(=O)c1cnn(C(C)(C)C)c1. The number of aromatic nitrogens is 2. The molecular formula is C14H24N4O. The van der Waals surface area contributed by atoms with E-state index in [1.165, 1.54) is 0 Å². The van der Waals surface area contributed by atoms with Crippen LogP contribution in [0.4, 0.5) is 0 Å². The average molecular weight is 264 g/mol. The average Bonchev–Trinajstić information content (AvgIpc) is 2.81. The van der Waals surface area contributed by atoms with E-state index < -0.39 is 0 Å². The molecule has 2 atom stereocenters. The monoisotopic (exact) mass is 264 g/mol. The summed E-state index contributed by atoms with van der Waals surface area (Å²) in [7, 11) is 0. The highest BCUT2D eigenvalue weighted by atomic mass is 16.1. The van der Waals surface area contributed by atoms with Crippen LogP contribution in [0, 0.1) is 0 Å². The lowest BCUT2D eigenvalue weighted by Gasteiger charge is -2.30. The van der Waals surface area contributed by atoms with Crippen LogP contribution in [0.15, 0.2) is 12.4 Å². The number of piperidine rings is 1. The minimum atomic E-state index is -0.0990. The maximum Gasteiger partial charge on any atom is 0.254 e. The highest BCUT2D eigenvalue weighted by Crippen LogP contribution is 2.14. The molecule has 0 aliphatic carbocycles. The number of hydrogen-bond donors (Lipinski definition) is 2. The first-order chi connectivity index (χ1) is 8.88. The highest BCUT2D eigenvalue weighted by molar-refractivity contribution is 5.93. The number of nitrogens with zero attached hydrogens (tertiary/aromatic N) is 2. The molecule has 1 aromatic rings. The molecule has 1 amide bonds. The largest absolute Gasteiger partial charge is 0.348 e. The Morgan fingerprint density at radius 1 is 1.53 bits per heavy atom. The Hall–Kier alpha value is -1.36. The van der Waals surface area contributed by atoms with Crippen molar-refractivity contribution in [2.24, 2.45) is 0 Å². The minimum Gasteiger partial charge on any atom is -0.348 e. The van der Waals surface area contributed by atoms with Gasteiger partial charge >= 0.3 is 0 Å². The third kappa shape index (κ3) is 3.35. The van der Waals surface area contributed by atoms with Crippen LogP contribution in [-0.4, -0.2) is 34.3 Å². The van der Waals surface area contributed by atoms with Crippen molar-refractivity contribution in [2.45, 2.75) is 58.2 Å². The fraction of sp³-hybridized carbons (Fsp3) is 0.714. The van der Waals surface area contributed by atoms with E-state index in [4.69, 9.17) is 0 Å². The Bertz CT molecular complexity index is 447. The van der Waals surface area contributed by atoms with Gasteiger partial charge in [0.2, 0.25) is 0 Å². The van der Waals surface area contributed by atoms with Crippen molar-refractivity contribution in [3.63, 3.8) is 0 Å². The molecule has 106 valence electrons. The highest BCUT2D eigenvalue weighted by Gasteiger charge is 2.24. The first-order valence-corrected chi connectivity index (χ1v) is 6.97. The summed E-state index contributed by atoms with van der Waals surface area (Å²) in [5.74, 6) is -0.0314. The van der Waals surface area contributed by atoms with Crippen LogP contribution in [0.5, 0.6) is 0 Å². The van der Waals surface area contributed by atoms with Crippen molar-refractivity contribution >= 4 is 5.91 Å². The van der Waals surface area contributed by atoms with Crippen LogP contribution < -0.4 is 10.6 Å². The number of nitrogens with one attached hydrogen (secondary N) is 2. The molecule has 1 aromatic heterocycles. The molecule has 2 N–H and O–H groups in total. The lowest BCUT2D eigenvalue weighted by atomic mass is 9.99. The van der Waals surface area contributed by atoms with Crippen LogP contribution >= 0.6 is 0 Å². The summed E-state index contributed by atoms with van der Waals surface area (Å²) in [6, 6.07) is 0.537. The topological polar surface area (TPSA) is 58.9 Å². The summed E-state index contributed by atoms with van der Waals surface area (Å²) in [5.41, 5.74) is 0.533. The van der Waals surface area contributed by atoms with Crippen LogP contribution in [0.25, 0.3) is 0 Å². The zero-order valence-corrected chi connectivity index (χ0v) is 12.2. The molecule has 0 spiro atoms. The second kappa shape index (κ2) is 5.33. The number of hydrogen-bond acceptors (Lipinski definition) is 3. The molecule has 1 aliphatic heterocycles. The molecule has 1 aliphatic rings. The van der Waals surface area contributed by atoms with Gasteiger partial charge in [0.05, 0.1) is 17.3 Å². The van der Waals surface area contributed by atoms with Crippen molar-refractivity contribution < 1.29 is 4.79 Å². The smallest absolute Gasteiger partial charge is 0.254 e. The van der Waals surface area contributed by atoms with Crippen molar-refractivity contribution in [1.29, 1.82) is 0 Å². The quantitative estimate of drug-likeness (QED) is 0.851. The van der Waals surface area contributed by atoms with Crippen molar-refractivity contribution in [3.8, 4) is 0 Å². The van der Waals surface area contributed by atoms with Gasteiger partial charge in [-0.1, -0.05) is 0 Å². The molecule has 5 nitrogen and oxygen atoms in total. The molecule has 1 saturated heterocycles. The number of carbonyl (C=O) groups is 1. The molecule has 5 heteroatoms. The fourth-order valence-corrected chi connectivity index (χ4v) is 2.30. The van der Waals surface area contributed by atoms with E-state index in [0.717, 1.165) is 19.4 Å². The van der Waals surface area contributed by atoms with Gasteiger partial charge in [0.15, 0.2) is 0 Å². The molecule has 19 heavy (non-hydrogen) atoms. The van der Waals surface area contributed by atoms with Gasteiger partial charge in [-0.2, -0.15) is 5.10 Å². The van der Waals surface area contributed by atoms with E-state index in [1.807, 2.05) is 10.9 Å². The summed E-state index contributed by atoms with van der Waals surface area (Å²) in [4.78, 5) is 12.2. The van der Waals surface area contributed by atoms with Gasteiger partial charge in [-0.05, 0) is 47.1 Å². The Labute approximate surface area is 114 Å². The fourth-order valence-electron chi connectivity index (χ4n) is 2.30. The number of carbonyl (C=O) groups excluding carboxylic acids is 1. The Morgan fingerprint density at radius 2 is 2.26 bits per heavy atom. The van der Waals surface area contributed by atoms with Gasteiger partial charge in [-0.25, -0.2) is 0 Å². The maximum absolute atomic E-state index is 12.2. The number of amides is 1. The van der Waals surface area contributed by atoms with E-state index >= 15 is 0 Å². The van der Waals surface area contributed by atoms with E-state index in [9.17, 15) is 4.79 Å². The van der Waals surface area contributed by atoms with E-state index in [2.05, 4.69) is 43.4 Å². The van der Waals surface area contributed by atoms with Crippen LogP contribution in [0.2, 0.25) is 0 Å². The Morgan fingerprint density at radius 3 is 2.84 bits per heavy atom. The van der Waals surface area contributed by atoms with Gasteiger partial charge in [0, 0.05) is 18.3 Å². The predicted molar refractivity (Wildman–Crippen MR) is 75.2 cm³/mol. The first kappa shape index (κ1) is 14.1. The molecule has 1 fully saturated rings. The van der Waals surface area contributed by atoms with Crippen molar-refractivity contribution in [3.05, 3.63) is 18.0 Å². The molecule has 2 rings (SSSR count). The molecule has 0 bridgehead atoms. The normalized spacial score (nSPS) is 24.2. The summed E-state index contributed by atoms with van der Waals surface area (Å²) in [6.45, 7) is 9.34. The van der Waals surface area contributed by atoms with Crippen molar-refractivity contribution in [2.75, 3.05) is 6.54 Å². The minimum absolute atomic E-state index is 0.0314. The molecule has 0 radical (unpaired) electrons. The molecule has 0 saturated carbocycles. The van der Waals surface area contributed by atoms with E-state index in [-0.39, 0.29) is 17.5 Å². The second-order valence-corrected chi connectivity index (χ2v) is 6.31. The predicted octanol–water partition coefficient (Wildman–Crippen LogP) is 1.51. The van der Waals surface area contributed by atoms with Crippen LogP contribution in [-0.2, 0) is 5.54 Å². The number of rotatable bonds is 2. The van der Waals surface area contributed by atoms with Crippen molar-refractivity contribution in [1.82, 2.24) is 20.4 Å². The molecule has 0 aromatic carbocycles. The van der Waals surface area contributed by atoms with Gasteiger partial charge < -0.3 is 10.6 Å². The summed E-state index contributed by atoms with van der Waals surface area (Å²) in [6.07, 6.45) is 5.60. The van der Waals surface area contributed by atoms with E-state index in [1.54, 1.807) is 6.20 Å². The first-order valence-electron chi connectivity index (χ1n) is 6.97. The lowest BCUT2D eigenvalue weighted by molar-refractivity contribution is 0.0919. The summed E-state index contributed by atoms with van der Waals surface area (Å²) in [5, 5.41) is 10.7. The zero-order chi connectivity index (χ0) is 14.0. The van der Waals surface area contributed by atoms with Gasteiger partial charge in [-0.15, -0.1) is 0 Å². The van der Waals surface area contributed by atoms with Gasteiger partial charge in [0.25, 0.3) is 5.91 Å². The third-order valence-electron chi connectivity index (χ3n) is 3.61. The Balaban J connectivity index is 2.01. The summed E-state index contributed by atoms with van der Waals surface area (Å²) >= 11 is 0. The molecule has 2 heterocycles. The second-order valence-electron chi connectivity index (χ2n) is 6.31. The van der Waals surface area contributed by atoms with Crippen LogP contribution in [0.3, 0.4) is 0 Å². The van der Waals surface area contributed by atoms with Gasteiger partial charge in [-0.3, -0.25) is 9.48 Å². The Kier molecular flexibility index (Phi) is 3.94. The standard InChI is InChI=1S/C14H24N4O/c1-10-12(6-5-7-15-10)17-13(19)11-8-16-18(9-11)14(2,3)4/h8-10,12,15H,5-7H2,1-4H3,(H,17,19). The van der Waals surface area contributed by atoms with Crippen LogP contribution in [0.1, 0.15) is 50.9 Å². The summed E-state index contributed by atoms with van der Waals surface area (Å²) < 4.78 is 1.82. The van der Waals surface area contributed by atoms with Gasteiger partial charge in [0.1, 0.15) is 0 Å². The van der Waals surface area contributed by atoms with E-state index in [0.29, 0.717) is 11.6 Å².